The molecule has 1 saturated carbocycles. The Morgan fingerprint density at radius 1 is 1.44 bits per heavy atom. The molecular weight excluding hydrogens is 299 g/mol. The molecule has 2 nitrogen and oxygen atoms in total. The summed E-state index contributed by atoms with van der Waals surface area (Å²) in [6.07, 6.45) is 4.74. The van der Waals surface area contributed by atoms with Crippen LogP contribution in [0.15, 0.2) is 22.7 Å². The molecule has 1 unspecified atom stereocenters. The summed E-state index contributed by atoms with van der Waals surface area (Å²) in [5.74, 6) is -1.12. The van der Waals surface area contributed by atoms with E-state index in [-0.39, 0.29) is 17.7 Å². The van der Waals surface area contributed by atoms with Gasteiger partial charge in [0.25, 0.3) is 0 Å². The summed E-state index contributed by atoms with van der Waals surface area (Å²) in [6.45, 7) is 0. The molecule has 0 aliphatic heterocycles. The number of carboxylic acid groups (broad SMARTS) is 1. The van der Waals surface area contributed by atoms with Gasteiger partial charge in [-0.25, -0.2) is 4.39 Å². The minimum Gasteiger partial charge on any atom is -0.481 e. The van der Waals surface area contributed by atoms with Crippen molar-refractivity contribution in [3.8, 4) is 0 Å². The SMILES string of the molecule is O=C(O)C(Cc1ccc(F)c(Br)c1)C1CCCC1. The largest absolute Gasteiger partial charge is 0.481 e. The Hall–Kier alpha value is -0.900. The summed E-state index contributed by atoms with van der Waals surface area (Å²) in [6, 6.07) is 4.73. The van der Waals surface area contributed by atoms with Crippen molar-refractivity contribution in [1.82, 2.24) is 0 Å². The highest BCUT2D eigenvalue weighted by Crippen LogP contribution is 2.33. The highest BCUT2D eigenvalue weighted by molar-refractivity contribution is 9.10. The van der Waals surface area contributed by atoms with E-state index in [9.17, 15) is 14.3 Å². The molecule has 0 saturated heterocycles. The molecule has 4 heteroatoms. The van der Waals surface area contributed by atoms with E-state index in [1.54, 1.807) is 12.1 Å². The minimum absolute atomic E-state index is 0.270. The van der Waals surface area contributed by atoms with Crippen LogP contribution in [0.4, 0.5) is 4.39 Å². The number of aliphatic carboxylic acids is 1. The molecule has 0 heterocycles. The Morgan fingerprint density at radius 2 is 2.11 bits per heavy atom. The smallest absolute Gasteiger partial charge is 0.307 e. The van der Waals surface area contributed by atoms with Crippen LogP contribution in [0.1, 0.15) is 31.2 Å². The van der Waals surface area contributed by atoms with Crippen molar-refractivity contribution in [2.24, 2.45) is 11.8 Å². The molecule has 1 fully saturated rings. The highest BCUT2D eigenvalue weighted by Gasteiger charge is 2.30. The summed E-state index contributed by atoms with van der Waals surface area (Å²) in [5, 5.41) is 9.33. The number of halogens is 2. The lowest BCUT2D eigenvalue weighted by Gasteiger charge is -2.19. The fourth-order valence-corrected chi connectivity index (χ4v) is 3.16. The fourth-order valence-electron chi connectivity index (χ4n) is 2.74. The average Bonchev–Trinajstić information content (AvgIpc) is 2.83. The second-order valence-electron chi connectivity index (χ2n) is 4.94. The maximum Gasteiger partial charge on any atom is 0.307 e. The molecule has 0 spiro atoms. The van der Waals surface area contributed by atoms with Crippen LogP contribution >= 0.6 is 15.9 Å². The zero-order chi connectivity index (χ0) is 13.1. The van der Waals surface area contributed by atoms with Crippen LogP contribution in [0.5, 0.6) is 0 Å². The monoisotopic (exact) mass is 314 g/mol. The van der Waals surface area contributed by atoms with E-state index in [1.165, 1.54) is 6.07 Å². The normalized spacial score (nSPS) is 17.9. The Bertz CT molecular complexity index is 441. The van der Waals surface area contributed by atoms with Crippen molar-refractivity contribution in [2.45, 2.75) is 32.1 Å². The highest BCUT2D eigenvalue weighted by atomic mass is 79.9. The van der Waals surface area contributed by atoms with Crippen LogP contribution in [0.3, 0.4) is 0 Å². The molecule has 1 aromatic carbocycles. The van der Waals surface area contributed by atoms with Gasteiger partial charge in [-0.05, 0) is 58.8 Å². The summed E-state index contributed by atoms with van der Waals surface area (Å²) in [4.78, 5) is 11.4. The minimum atomic E-state index is -0.734. The number of rotatable bonds is 4. The number of carbonyl (C=O) groups is 1. The molecule has 0 amide bonds. The average molecular weight is 315 g/mol. The van der Waals surface area contributed by atoms with Crippen LogP contribution < -0.4 is 0 Å². The maximum absolute atomic E-state index is 13.1. The van der Waals surface area contributed by atoms with E-state index in [2.05, 4.69) is 15.9 Å². The predicted octanol–water partition coefficient (Wildman–Crippen LogP) is 4.02. The Balaban J connectivity index is 2.12. The van der Waals surface area contributed by atoms with Crippen LogP contribution in [-0.4, -0.2) is 11.1 Å². The van der Waals surface area contributed by atoms with E-state index in [0.717, 1.165) is 31.2 Å². The first-order valence-corrected chi connectivity index (χ1v) is 7.04. The molecule has 1 aromatic rings. The van der Waals surface area contributed by atoms with Crippen molar-refractivity contribution in [2.75, 3.05) is 0 Å². The second-order valence-corrected chi connectivity index (χ2v) is 5.80. The molecule has 18 heavy (non-hydrogen) atoms. The van der Waals surface area contributed by atoms with Crippen molar-refractivity contribution < 1.29 is 14.3 Å². The first-order chi connectivity index (χ1) is 8.58. The maximum atomic E-state index is 13.1. The van der Waals surface area contributed by atoms with E-state index >= 15 is 0 Å². The van der Waals surface area contributed by atoms with Gasteiger partial charge in [0, 0.05) is 0 Å². The van der Waals surface area contributed by atoms with Gasteiger partial charge in [0.2, 0.25) is 0 Å². The van der Waals surface area contributed by atoms with Crippen LogP contribution in [-0.2, 0) is 11.2 Å². The van der Waals surface area contributed by atoms with Gasteiger partial charge in [-0.15, -0.1) is 0 Å². The summed E-state index contributed by atoms with van der Waals surface area (Å²) >= 11 is 3.13. The lowest BCUT2D eigenvalue weighted by Crippen LogP contribution is -2.24. The van der Waals surface area contributed by atoms with Crippen molar-refractivity contribution in [1.29, 1.82) is 0 Å². The molecule has 1 N–H and O–H groups in total. The number of benzene rings is 1. The van der Waals surface area contributed by atoms with Gasteiger partial charge in [-0.1, -0.05) is 18.9 Å². The summed E-state index contributed by atoms with van der Waals surface area (Å²) < 4.78 is 13.5. The molecule has 1 aliphatic rings. The van der Waals surface area contributed by atoms with Gasteiger partial charge in [0.15, 0.2) is 0 Å². The Kier molecular flexibility index (Phi) is 4.38. The summed E-state index contributed by atoms with van der Waals surface area (Å²) in [5.41, 5.74) is 0.877. The molecule has 0 bridgehead atoms. The molecule has 2 rings (SSSR count). The van der Waals surface area contributed by atoms with Crippen LogP contribution in [0.25, 0.3) is 0 Å². The van der Waals surface area contributed by atoms with E-state index in [4.69, 9.17) is 0 Å². The van der Waals surface area contributed by atoms with Gasteiger partial charge in [0.05, 0.1) is 10.4 Å². The first-order valence-electron chi connectivity index (χ1n) is 6.24. The zero-order valence-corrected chi connectivity index (χ0v) is 11.6. The first kappa shape index (κ1) is 13.5. The lowest BCUT2D eigenvalue weighted by atomic mass is 9.86. The topological polar surface area (TPSA) is 37.3 Å². The third-order valence-electron chi connectivity index (χ3n) is 3.73. The molecular formula is C14H16BrFO2. The molecule has 1 atom stereocenters. The van der Waals surface area contributed by atoms with Gasteiger partial charge < -0.3 is 5.11 Å². The number of carboxylic acids is 1. The quantitative estimate of drug-likeness (QED) is 0.911. The van der Waals surface area contributed by atoms with E-state index in [1.807, 2.05) is 0 Å². The number of hydrogen-bond donors (Lipinski definition) is 1. The van der Waals surface area contributed by atoms with Gasteiger partial charge in [0.1, 0.15) is 5.82 Å². The van der Waals surface area contributed by atoms with Crippen molar-refractivity contribution in [3.63, 3.8) is 0 Å². The van der Waals surface area contributed by atoms with Gasteiger partial charge in [-0.3, -0.25) is 4.79 Å². The molecule has 1 aliphatic carbocycles. The third-order valence-corrected chi connectivity index (χ3v) is 4.33. The van der Waals surface area contributed by atoms with E-state index in [0.29, 0.717) is 10.9 Å². The van der Waals surface area contributed by atoms with E-state index < -0.39 is 5.97 Å². The second kappa shape index (κ2) is 5.83. The number of hydrogen-bond acceptors (Lipinski definition) is 1. The third kappa shape index (κ3) is 3.10. The van der Waals surface area contributed by atoms with Crippen LogP contribution in [0.2, 0.25) is 0 Å². The lowest BCUT2D eigenvalue weighted by molar-refractivity contribution is -0.143. The Labute approximate surface area is 114 Å². The molecule has 0 radical (unpaired) electrons. The molecule has 0 aromatic heterocycles. The summed E-state index contributed by atoms with van der Waals surface area (Å²) in [7, 11) is 0. The predicted molar refractivity (Wildman–Crippen MR) is 70.9 cm³/mol. The molecule has 98 valence electrons. The standard InChI is InChI=1S/C14H16BrFO2/c15-12-8-9(5-6-13(12)16)7-11(14(17)18)10-3-1-2-4-10/h5-6,8,10-11H,1-4,7H2,(H,17,18). The van der Waals surface area contributed by atoms with Crippen LogP contribution in [0, 0.1) is 17.7 Å². The van der Waals surface area contributed by atoms with Crippen molar-refractivity contribution in [3.05, 3.63) is 34.1 Å². The van der Waals surface area contributed by atoms with Gasteiger partial charge in [-0.2, -0.15) is 0 Å². The fraction of sp³-hybridized carbons (Fsp3) is 0.500. The van der Waals surface area contributed by atoms with Gasteiger partial charge >= 0.3 is 5.97 Å². The van der Waals surface area contributed by atoms with Crippen molar-refractivity contribution >= 4 is 21.9 Å². The Morgan fingerprint density at radius 3 is 2.67 bits per heavy atom. The zero-order valence-electron chi connectivity index (χ0n) is 10.0.